The van der Waals surface area contributed by atoms with Gasteiger partial charge in [0, 0.05) is 68.6 Å². The third-order valence-corrected chi connectivity index (χ3v) is 9.95. The van der Waals surface area contributed by atoms with Gasteiger partial charge in [-0.2, -0.15) is 5.21 Å². The summed E-state index contributed by atoms with van der Waals surface area (Å²) in [6, 6.07) is 25.2. The standard InChI is InChI=1S/C40H47N7O4/c1-40(2,3)51-39(49)46-21-19-33(30-10-7-9-29(23-30)27-13-15-28(16-14-27)37-41-43-44-42-37)35(26-46)38(48)47(32-17-18-32)25-31-24-45(20-8-22-50-4)36-12-6-5-11-34(31)36/h5-7,9-16,23-24,32-33,35H,8,17-22,25-26H2,1-4H3,(H,41,42,43,44)/t33-,35+/m1/s1. The molecule has 2 atom stereocenters. The summed E-state index contributed by atoms with van der Waals surface area (Å²) >= 11 is 0. The van der Waals surface area contributed by atoms with Crippen molar-refractivity contribution in [3.05, 3.63) is 90.1 Å². The Kier molecular flexibility index (Phi) is 9.90. The molecule has 0 bridgehead atoms. The molecule has 1 aliphatic carbocycles. The van der Waals surface area contributed by atoms with E-state index in [4.69, 9.17) is 9.47 Å². The van der Waals surface area contributed by atoms with Crippen molar-refractivity contribution in [2.24, 2.45) is 5.92 Å². The lowest BCUT2D eigenvalue weighted by molar-refractivity contribution is -0.139. The molecule has 266 valence electrons. The lowest BCUT2D eigenvalue weighted by atomic mass is 9.79. The molecule has 0 radical (unpaired) electrons. The first-order valence-electron chi connectivity index (χ1n) is 18.0. The van der Waals surface area contributed by atoms with E-state index in [1.165, 1.54) is 10.9 Å². The third-order valence-electron chi connectivity index (χ3n) is 9.95. The summed E-state index contributed by atoms with van der Waals surface area (Å²) in [5, 5.41) is 15.5. The molecule has 3 heterocycles. The molecule has 1 aliphatic heterocycles. The number of aromatic nitrogens is 5. The normalized spacial score (nSPS) is 17.8. The van der Waals surface area contributed by atoms with Gasteiger partial charge in [0.05, 0.1) is 5.92 Å². The number of rotatable bonds is 11. The summed E-state index contributed by atoms with van der Waals surface area (Å²) in [5.74, 6) is 0.162. The number of nitrogens with one attached hydrogen (secondary N) is 1. The highest BCUT2D eigenvalue weighted by Gasteiger charge is 2.43. The Morgan fingerprint density at radius 1 is 0.961 bits per heavy atom. The Balaban J connectivity index is 1.19. The number of piperidine rings is 1. The van der Waals surface area contributed by atoms with E-state index < -0.39 is 11.5 Å². The van der Waals surface area contributed by atoms with Crippen molar-refractivity contribution in [3.63, 3.8) is 0 Å². The number of nitrogens with zero attached hydrogens (tertiary/aromatic N) is 6. The van der Waals surface area contributed by atoms with Crippen molar-refractivity contribution >= 4 is 22.9 Å². The van der Waals surface area contributed by atoms with Gasteiger partial charge < -0.3 is 23.8 Å². The number of likely N-dealkylation sites (tertiary alicyclic amines) is 1. The van der Waals surface area contributed by atoms with Crippen LogP contribution in [0.3, 0.4) is 0 Å². The number of fused-ring (bicyclic) bond motifs is 1. The van der Waals surface area contributed by atoms with Crippen LogP contribution in [0.15, 0.2) is 79.0 Å². The van der Waals surface area contributed by atoms with Gasteiger partial charge in [0.15, 0.2) is 0 Å². The minimum absolute atomic E-state index is 0.0635. The zero-order valence-corrected chi connectivity index (χ0v) is 29.9. The van der Waals surface area contributed by atoms with Gasteiger partial charge in [-0.1, -0.05) is 66.7 Å². The maximum atomic E-state index is 15.0. The van der Waals surface area contributed by atoms with E-state index in [9.17, 15) is 9.59 Å². The minimum atomic E-state index is -0.626. The summed E-state index contributed by atoms with van der Waals surface area (Å²) in [6.07, 6.45) is 5.38. The molecule has 1 saturated heterocycles. The highest BCUT2D eigenvalue weighted by atomic mass is 16.6. The van der Waals surface area contributed by atoms with E-state index in [1.54, 1.807) is 12.0 Å². The largest absolute Gasteiger partial charge is 0.444 e. The van der Waals surface area contributed by atoms with Crippen LogP contribution in [-0.4, -0.2) is 85.4 Å². The highest BCUT2D eigenvalue weighted by Crippen LogP contribution is 2.40. The molecule has 2 aliphatic rings. The van der Waals surface area contributed by atoms with E-state index in [0.29, 0.717) is 38.5 Å². The lowest BCUT2D eigenvalue weighted by Gasteiger charge is -2.40. The smallest absolute Gasteiger partial charge is 0.410 e. The van der Waals surface area contributed by atoms with Gasteiger partial charge >= 0.3 is 6.09 Å². The maximum Gasteiger partial charge on any atom is 0.410 e. The number of amides is 2. The maximum absolute atomic E-state index is 15.0. The summed E-state index contributed by atoms with van der Waals surface area (Å²) in [5.41, 5.74) is 5.78. The fraction of sp³-hybridized carbons (Fsp3) is 0.425. The second-order valence-corrected chi connectivity index (χ2v) is 14.8. The quantitative estimate of drug-likeness (QED) is 0.148. The summed E-state index contributed by atoms with van der Waals surface area (Å²) in [7, 11) is 1.73. The van der Waals surface area contributed by atoms with Gasteiger partial charge in [0.25, 0.3) is 0 Å². The molecule has 2 fully saturated rings. The Morgan fingerprint density at radius 3 is 2.47 bits per heavy atom. The summed E-state index contributed by atoms with van der Waals surface area (Å²) < 4.78 is 13.4. The van der Waals surface area contributed by atoms with Crippen LogP contribution in [0.2, 0.25) is 0 Å². The number of methoxy groups -OCH3 is 1. The van der Waals surface area contributed by atoms with E-state index in [-0.39, 0.29) is 24.0 Å². The predicted molar refractivity (Wildman–Crippen MR) is 196 cm³/mol. The van der Waals surface area contributed by atoms with Crippen LogP contribution in [0.25, 0.3) is 33.4 Å². The number of hydrogen-bond acceptors (Lipinski definition) is 7. The Bertz CT molecular complexity index is 1960. The first kappa shape index (κ1) is 34.4. The van der Waals surface area contributed by atoms with Crippen LogP contribution in [0, 0.1) is 5.92 Å². The molecule has 3 aromatic carbocycles. The van der Waals surface area contributed by atoms with Crippen molar-refractivity contribution in [2.45, 2.75) is 77.1 Å². The molecular formula is C40H47N7O4. The van der Waals surface area contributed by atoms with Gasteiger partial charge in [0.1, 0.15) is 5.60 Å². The third kappa shape index (κ3) is 7.83. The summed E-state index contributed by atoms with van der Waals surface area (Å²) in [4.78, 5) is 32.2. The molecule has 0 spiro atoms. The Labute approximate surface area is 298 Å². The average Bonchev–Trinajstić information content (AvgIpc) is 3.70. The molecular weight excluding hydrogens is 642 g/mol. The molecule has 7 rings (SSSR count). The van der Waals surface area contributed by atoms with Gasteiger partial charge in [-0.25, -0.2) is 4.79 Å². The zero-order valence-electron chi connectivity index (χ0n) is 29.9. The molecule has 0 unspecified atom stereocenters. The molecule has 11 heteroatoms. The number of ether oxygens (including phenoxy) is 2. The van der Waals surface area contributed by atoms with Crippen LogP contribution < -0.4 is 0 Å². The van der Waals surface area contributed by atoms with Crippen LogP contribution >= 0.6 is 0 Å². The van der Waals surface area contributed by atoms with Crippen molar-refractivity contribution in [1.29, 1.82) is 0 Å². The number of hydrogen-bond donors (Lipinski definition) is 1. The second-order valence-electron chi connectivity index (χ2n) is 14.8. The van der Waals surface area contributed by atoms with E-state index >= 15 is 0 Å². The van der Waals surface area contributed by atoms with Crippen LogP contribution in [0.1, 0.15) is 63.5 Å². The first-order chi connectivity index (χ1) is 24.7. The number of aryl methyl sites for hydroxylation is 1. The molecule has 1 saturated carbocycles. The minimum Gasteiger partial charge on any atom is -0.444 e. The fourth-order valence-electron chi connectivity index (χ4n) is 7.32. The van der Waals surface area contributed by atoms with Gasteiger partial charge in [-0.3, -0.25) is 4.79 Å². The Morgan fingerprint density at radius 2 is 1.75 bits per heavy atom. The molecule has 1 N–H and O–H groups in total. The highest BCUT2D eigenvalue weighted by molar-refractivity contribution is 5.86. The van der Waals surface area contributed by atoms with Gasteiger partial charge in [0.2, 0.25) is 11.7 Å². The molecule has 5 aromatic rings. The average molecular weight is 690 g/mol. The Hall–Kier alpha value is -5.03. The van der Waals surface area contributed by atoms with Crippen molar-refractivity contribution in [3.8, 4) is 22.5 Å². The molecule has 11 nitrogen and oxygen atoms in total. The number of tetrazole rings is 1. The number of para-hydroxylation sites is 1. The van der Waals surface area contributed by atoms with Crippen molar-refractivity contribution in [2.75, 3.05) is 26.8 Å². The predicted octanol–water partition coefficient (Wildman–Crippen LogP) is 7.06. The summed E-state index contributed by atoms with van der Waals surface area (Å²) in [6.45, 7) is 8.53. The van der Waals surface area contributed by atoms with Crippen LogP contribution in [0.4, 0.5) is 4.79 Å². The number of H-pyrrole nitrogens is 1. The van der Waals surface area contributed by atoms with Crippen LogP contribution in [0.5, 0.6) is 0 Å². The van der Waals surface area contributed by atoms with Crippen molar-refractivity contribution < 1.29 is 19.1 Å². The SMILES string of the molecule is COCCCn1cc(CN(C(=O)[C@H]2CN(C(=O)OC(C)(C)C)CC[C@@H]2c2cccc(-c3ccc(-c4nn[nH]n4)cc3)c2)C2CC2)c2ccccc21. The van der Waals surface area contributed by atoms with E-state index in [0.717, 1.165) is 53.6 Å². The first-order valence-corrected chi connectivity index (χ1v) is 18.0. The lowest BCUT2D eigenvalue weighted by Crippen LogP contribution is -2.51. The molecule has 2 aromatic heterocycles. The topological polar surface area (TPSA) is 118 Å². The molecule has 2 amide bonds. The van der Waals surface area contributed by atoms with Crippen molar-refractivity contribution in [1.82, 2.24) is 35.0 Å². The molecule has 51 heavy (non-hydrogen) atoms. The van der Waals surface area contributed by atoms with Gasteiger partial charge in [-0.05, 0) is 85.9 Å². The number of benzene rings is 3. The fourth-order valence-corrected chi connectivity index (χ4v) is 7.32. The number of aromatic amines is 1. The zero-order chi connectivity index (χ0) is 35.5. The monoisotopic (exact) mass is 689 g/mol. The van der Waals surface area contributed by atoms with E-state index in [1.807, 2.05) is 32.9 Å². The number of carbonyl (C=O) groups excluding carboxylic acids is 2. The second kappa shape index (κ2) is 14.7. The van der Waals surface area contributed by atoms with E-state index in [2.05, 4.69) is 97.0 Å². The van der Waals surface area contributed by atoms with Gasteiger partial charge in [-0.15, -0.1) is 10.2 Å². The van der Waals surface area contributed by atoms with Crippen LogP contribution in [-0.2, 0) is 27.4 Å². The number of carbonyl (C=O) groups is 2.